The molecule has 0 saturated carbocycles. The number of rotatable bonds is 5. The molecule has 4 rings (SSSR count). The molecule has 7 heteroatoms. The fourth-order valence-corrected chi connectivity index (χ4v) is 3.39. The summed E-state index contributed by atoms with van der Waals surface area (Å²) in [5.74, 6) is 0.321. The lowest BCUT2D eigenvalue weighted by atomic mass is 10.1. The first-order valence-corrected chi connectivity index (χ1v) is 10.3. The van der Waals surface area contributed by atoms with Gasteiger partial charge in [0.2, 0.25) is 0 Å². The molecule has 0 radical (unpaired) electrons. The summed E-state index contributed by atoms with van der Waals surface area (Å²) in [6.07, 6.45) is 0. The molecule has 0 unspecified atom stereocenters. The van der Waals surface area contributed by atoms with Gasteiger partial charge in [0.25, 0.3) is 5.91 Å². The fraction of sp³-hybridized carbons (Fsp3) is 0.0417. The summed E-state index contributed by atoms with van der Waals surface area (Å²) in [6.45, 7) is 1.83. The zero-order valence-electron chi connectivity index (χ0n) is 16.6. The SMILES string of the molecule is Cc1nc(Nc2cccc(C(=O)Nc3ccc(Br)cc3F)c2)cc(-c2ccccc2)n1. The summed E-state index contributed by atoms with van der Waals surface area (Å²) in [4.78, 5) is 21.5. The van der Waals surface area contributed by atoms with E-state index in [9.17, 15) is 9.18 Å². The number of aryl methyl sites for hydroxylation is 1. The van der Waals surface area contributed by atoms with Crippen LogP contribution in [0.4, 0.5) is 21.6 Å². The minimum Gasteiger partial charge on any atom is -0.340 e. The number of aromatic nitrogens is 2. The number of amides is 1. The molecule has 4 aromatic rings. The molecule has 0 saturated heterocycles. The maximum Gasteiger partial charge on any atom is 0.255 e. The van der Waals surface area contributed by atoms with Crippen molar-refractivity contribution in [3.05, 3.63) is 101 Å². The van der Waals surface area contributed by atoms with E-state index in [0.29, 0.717) is 27.4 Å². The smallest absolute Gasteiger partial charge is 0.255 e. The van der Waals surface area contributed by atoms with Crippen molar-refractivity contribution in [1.29, 1.82) is 0 Å². The standard InChI is InChI=1S/C24H18BrFN4O/c1-15-27-22(16-6-3-2-4-7-16)14-23(28-15)29-19-9-5-8-17(12-19)24(31)30-21-11-10-18(25)13-20(21)26/h2-14H,1H3,(H,30,31)(H,27,28,29). The Balaban J connectivity index is 1.55. The number of anilines is 3. The van der Waals surface area contributed by atoms with Crippen LogP contribution in [0.3, 0.4) is 0 Å². The number of halogens is 2. The number of nitrogens with one attached hydrogen (secondary N) is 2. The molecule has 0 atom stereocenters. The van der Waals surface area contributed by atoms with E-state index < -0.39 is 11.7 Å². The quantitative estimate of drug-likeness (QED) is 0.352. The molecule has 0 spiro atoms. The first kappa shape index (κ1) is 20.7. The normalized spacial score (nSPS) is 10.5. The maximum absolute atomic E-state index is 14.0. The van der Waals surface area contributed by atoms with Crippen LogP contribution in [0.25, 0.3) is 11.3 Å². The summed E-state index contributed by atoms with van der Waals surface area (Å²) in [6, 6.07) is 23.1. The van der Waals surface area contributed by atoms with Gasteiger partial charge in [-0.05, 0) is 43.3 Å². The van der Waals surface area contributed by atoms with E-state index in [2.05, 4.69) is 36.5 Å². The van der Waals surface area contributed by atoms with Crippen molar-refractivity contribution in [2.45, 2.75) is 6.92 Å². The van der Waals surface area contributed by atoms with E-state index in [1.807, 2.05) is 49.4 Å². The average Bonchev–Trinajstić information content (AvgIpc) is 2.76. The molecule has 2 N–H and O–H groups in total. The summed E-state index contributed by atoms with van der Waals surface area (Å²) in [5.41, 5.74) is 2.98. The Hall–Kier alpha value is -3.58. The zero-order valence-corrected chi connectivity index (χ0v) is 18.2. The van der Waals surface area contributed by atoms with Crippen LogP contribution in [0, 0.1) is 12.7 Å². The van der Waals surface area contributed by atoms with E-state index in [-0.39, 0.29) is 5.69 Å². The van der Waals surface area contributed by atoms with Gasteiger partial charge in [0.15, 0.2) is 0 Å². The van der Waals surface area contributed by atoms with Gasteiger partial charge in [0.1, 0.15) is 17.5 Å². The summed E-state index contributed by atoms with van der Waals surface area (Å²) in [7, 11) is 0. The minimum atomic E-state index is -0.512. The van der Waals surface area contributed by atoms with Gasteiger partial charge in [0.05, 0.1) is 11.4 Å². The van der Waals surface area contributed by atoms with E-state index in [0.717, 1.165) is 11.3 Å². The van der Waals surface area contributed by atoms with Crippen LogP contribution < -0.4 is 10.6 Å². The number of carbonyl (C=O) groups is 1. The third-order valence-electron chi connectivity index (χ3n) is 4.48. The minimum absolute atomic E-state index is 0.116. The number of benzene rings is 3. The summed E-state index contributed by atoms with van der Waals surface area (Å²) < 4.78 is 14.6. The molecule has 3 aromatic carbocycles. The molecule has 0 aliphatic heterocycles. The highest BCUT2D eigenvalue weighted by atomic mass is 79.9. The summed E-state index contributed by atoms with van der Waals surface area (Å²) >= 11 is 3.20. The molecule has 0 bridgehead atoms. The molecular formula is C24H18BrFN4O. The number of nitrogens with zero attached hydrogens (tertiary/aromatic N) is 2. The highest BCUT2D eigenvalue weighted by Crippen LogP contribution is 2.24. The highest BCUT2D eigenvalue weighted by Gasteiger charge is 2.11. The van der Waals surface area contributed by atoms with E-state index in [1.165, 1.54) is 12.1 Å². The van der Waals surface area contributed by atoms with Crippen LogP contribution in [0.15, 0.2) is 83.3 Å². The van der Waals surface area contributed by atoms with E-state index in [4.69, 9.17) is 0 Å². The van der Waals surface area contributed by atoms with Crippen molar-refractivity contribution in [3.8, 4) is 11.3 Å². The van der Waals surface area contributed by atoms with Crippen molar-refractivity contribution in [2.75, 3.05) is 10.6 Å². The molecule has 31 heavy (non-hydrogen) atoms. The Bertz CT molecular complexity index is 1250. The third-order valence-corrected chi connectivity index (χ3v) is 4.98. The number of carbonyl (C=O) groups excluding carboxylic acids is 1. The van der Waals surface area contributed by atoms with Crippen LogP contribution >= 0.6 is 15.9 Å². The highest BCUT2D eigenvalue weighted by molar-refractivity contribution is 9.10. The van der Waals surface area contributed by atoms with Crippen LogP contribution in [-0.4, -0.2) is 15.9 Å². The second kappa shape index (κ2) is 9.06. The monoisotopic (exact) mass is 476 g/mol. The van der Waals surface area contributed by atoms with Gasteiger partial charge in [-0.2, -0.15) is 0 Å². The predicted molar refractivity (Wildman–Crippen MR) is 124 cm³/mol. The Morgan fingerprint density at radius 3 is 2.52 bits per heavy atom. The van der Waals surface area contributed by atoms with E-state index >= 15 is 0 Å². The second-order valence-electron chi connectivity index (χ2n) is 6.84. The van der Waals surface area contributed by atoms with Crippen molar-refractivity contribution in [2.24, 2.45) is 0 Å². The molecule has 0 aliphatic carbocycles. The van der Waals surface area contributed by atoms with Crippen LogP contribution in [-0.2, 0) is 0 Å². The summed E-state index contributed by atoms with van der Waals surface area (Å²) in [5, 5.41) is 5.82. The molecular weight excluding hydrogens is 459 g/mol. The lowest BCUT2D eigenvalue weighted by molar-refractivity contribution is 0.102. The lowest BCUT2D eigenvalue weighted by Gasteiger charge is -2.11. The Morgan fingerprint density at radius 2 is 1.74 bits per heavy atom. The Morgan fingerprint density at radius 1 is 0.935 bits per heavy atom. The largest absolute Gasteiger partial charge is 0.340 e. The van der Waals surface area contributed by atoms with Crippen LogP contribution in [0.5, 0.6) is 0 Å². The van der Waals surface area contributed by atoms with Gasteiger partial charge in [-0.15, -0.1) is 0 Å². The van der Waals surface area contributed by atoms with Gasteiger partial charge >= 0.3 is 0 Å². The predicted octanol–water partition coefficient (Wildman–Crippen LogP) is 6.35. The molecule has 0 aliphatic rings. The maximum atomic E-state index is 14.0. The van der Waals surface area contributed by atoms with Gasteiger partial charge in [-0.25, -0.2) is 14.4 Å². The number of hydrogen-bond acceptors (Lipinski definition) is 4. The van der Waals surface area contributed by atoms with Crippen LogP contribution in [0.1, 0.15) is 16.2 Å². The van der Waals surface area contributed by atoms with Gasteiger partial charge in [-0.3, -0.25) is 4.79 Å². The molecule has 1 heterocycles. The average molecular weight is 477 g/mol. The first-order chi connectivity index (χ1) is 15.0. The third kappa shape index (κ3) is 5.13. The van der Waals surface area contributed by atoms with Crippen LogP contribution in [0.2, 0.25) is 0 Å². The first-order valence-electron chi connectivity index (χ1n) is 9.52. The van der Waals surface area contributed by atoms with Gasteiger partial charge < -0.3 is 10.6 Å². The Kier molecular flexibility index (Phi) is 6.04. The van der Waals surface area contributed by atoms with Crippen molar-refractivity contribution in [1.82, 2.24) is 9.97 Å². The van der Waals surface area contributed by atoms with Gasteiger partial charge in [0, 0.05) is 27.4 Å². The van der Waals surface area contributed by atoms with E-state index in [1.54, 1.807) is 24.3 Å². The van der Waals surface area contributed by atoms with Crippen molar-refractivity contribution < 1.29 is 9.18 Å². The zero-order chi connectivity index (χ0) is 21.8. The molecule has 5 nitrogen and oxygen atoms in total. The molecule has 1 amide bonds. The fourth-order valence-electron chi connectivity index (χ4n) is 3.06. The van der Waals surface area contributed by atoms with Crippen molar-refractivity contribution >= 4 is 39.0 Å². The van der Waals surface area contributed by atoms with Crippen molar-refractivity contribution in [3.63, 3.8) is 0 Å². The lowest BCUT2D eigenvalue weighted by Crippen LogP contribution is -2.13. The Labute approximate surface area is 187 Å². The molecule has 154 valence electrons. The van der Waals surface area contributed by atoms with Gasteiger partial charge in [-0.1, -0.05) is 52.3 Å². The number of hydrogen-bond donors (Lipinski definition) is 2. The topological polar surface area (TPSA) is 66.9 Å². The second-order valence-corrected chi connectivity index (χ2v) is 7.75. The molecule has 1 aromatic heterocycles. The molecule has 0 fully saturated rings.